The smallest absolute Gasteiger partial charge is 0.234 e. The first kappa shape index (κ1) is 19.9. The Bertz CT molecular complexity index is 627. The van der Waals surface area contributed by atoms with E-state index in [1.807, 2.05) is 36.4 Å². The summed E-state index contributed by atoms with van der Waals surface area (Å²) in [6, 6.07) is 20.3. The van der Waals surface area contributed by atoms with Crippen molar-refractivity contribution in [2.24, 2.45) is 0 Å². The predicted molar refractivity (Wildman–Crippen MR) is 97.8 cm³/mol. The van der Waals surface area contributed by atoms with E-state index in [1.165, 1.54) is 0 Å². The summed E-state index contributed by atoms with van der Waals surface area (Å²) in [5, 5.41) is 0. The first-order chi connectivity index (χ1) is 11.6. The Morgan fingerprint density at radius 3 is 1.80 bits per heavy atom. The number of piperazine rings is 1. The van der Waals surface area contributed by atoms with E-state index in [0.29, 0.717) is 0 Å². The summed E-state index contributed by atoms with van der Waals surface area (Å²) >= 11 is 0. The molecule has 0 unspecified atom stereocenters. The highest BCUT2D eigenvalue weighted by Gasteiger charge is 2.33. The number of halogens is 1. The number of rotatable bonds is 4. The van der Waals surface area contributed by atoms with E-state index in [2.05, 4.69) is 43.1 Å². The summed E-state index contributed by atoms with van der Waals surface area (Å²) in [5.74, 6) is 0.0284. The van der Waals surface area contributed by atoms with Gasteiger partial charge in [0.05, 0.1) is 45.7 Å². The van der Waals surface area contributed by atoms with Crippen molar-refractivity contribution in [3.63, 3.8) is 0 Å². The Morgan fingerprint density at radius 2 is 1.40 bits per heavy atom. The zero-order valence-electron chi connectivity index (χ0n) is 15.1. The molecule has 1 amide bonds. The molecule has 0 atom stereocenters. The fraction of sp³-hybridized carbons (Fsp3) is 0.381. The molecule has 0 bridgehead atoms. The number of hydrogen-bond acceptors (Lipinski definition) is 1. The molecule has 0 saturated carbocycles. The van der Waals surface area contributed by atoms with Crippen molar-refractivity contribution in [1.29, 1.82) is 0 Å². The fourth-order valence-corrected chi connectivity index (χ4v) is 3.44. The van der Waals surface area contributed by atoms with Crippen LogP contribution in [0.4, 0.5) is 0 Å². The van der Waals surface area contributed by atoms with Crippen LogP contribution in [0.25, 0.3) is 0 Å². The molecular formula is C21H27IN2O. The van der Waals surface area contributed by atoms with Gasteiger partial charge >= 0.3 is 0 Å². The van der Waals surface area contributed by atoms with E-state index < -0.39 is 0 Å². The molecule has 0 aliphatic carbocycles. The molecular weight excluding hydrogens is 423 g/mol. The van der Waals surface area contributed by atoms with Crippen LogP contribution in [0.15, 0.2) is 60.7 Å². The molecule has 3 rings (SSSR count). The standard InChI is InChI=1S/C21H27N2O.HI/c1-3-23(2)16-14-22(15-17-23)21(24)20(18-10-6-4-7-11-18)19-12-8-5-9-13-19;/h4-13,20H,3,14-17H2,1-2H3;1H/q+1;/p-1. The Hall–Kier alpha value is -1.40. The molecule has 0 aromatic heterocycles. The van der Waals surface area contributed by atoms with Gasteiger partial charge in [0.25, 0.3) is 0 Å². The number of likely N-dealkylation sites (N-methyl/N-ethyl adjacent to an activating group) is 1. The maximum Gasteiger partial charge on any atom is 0.234 e. The number of nitrogens with zero attached hydrogens (tertiary/aromatic N) is 2. The molecule has 1 fully saturated rings. The molecule has 4 heteroatoms. The molecule has 1 aliphatic rings. The van der Waals surface area contributed by atoms with Crippen molar-refractivity contribution in [2.45, 2.75) is 12.8 Å². The Morgan fingerprint density at radius 1 is 0.960 bits per heavy atom. The molecule has 25 heavy (non-hydrogen) atoms. The van der Waals surface area contributed by atoms with Crippen LogP contribution < -0.4 is 24.0 Å². The normalized spacial score (nSPS) is 16.4. The van der Waals surface area contributed by atoms with Gasteiger partial charge in [-0.3, -0.25) is 4.79 Å². The van der Waals surface area contributed by atoms with Crippen LogP contribution in [0.2, 0.25) is 0 Å². The van der Waals surface area contributed by atoms with Gasteiger partial charge in [-0.2, -0.15) is 0 Å². The van der Waals surface area contributed by atoms with Crippen LogP contribution in [0, 0.1) is 0 Å². The molecule has 0 radical (unpaired) electrons. The fourth-order valence-electron chi connectivity index (χ4n) is 3.44. The molecule has 1 saturated heterocycles. The molecule has 0 N–H and O–H groups in total. The van der Waals surface area contributed by atoms with E-state index in [-0.39, 0.29) is 35.8 Å². The van der Waals surface area contributed by atoms with Gasteiger partial charge in [-0.05, 0) is 18.1 Å². The Balaban J connectivity index is 0.00000225. The van der Waals surface area contributed by atoms with Crippen molar-refractivity contribution >= 4 is 5.91 Å². The Labute approximate surface area is 168 Å². The molecule has 1 aliphatic heterocycles. The van der Waals surface area contributed by atoms with Crippen molar-refractivity contribution in [3.05, 3.63) is 71.8 Å². The SMILES string of the molecule is CC[N+]1(C)CCN(C(=O)C(c2ccccc2)c2ccccc2)CC1.[I-]. The van der Waals surface area contributed by atoms with E-state index in [1.54, 1.807) is 0 Å². The van der Waals surface area contributed by atoms with E-state index in [4.69, 9.17) is 0 Å². The average Bonchev–Trinajstić information content (AvgIpc) is 2.64. The molecule has 0 spiro atoms. The van der Waals surface area contributed by atoms with E-state index in [0.717, 1.165) is 48.3 Å². The zero-order chi connectivity index (χ0) is 17.0. The molecule has 3 nitrogen and oxygen atoms in total. The second kappa shape index (κ2) is 8.81. The van der Waals surface area contributed by atoms with Crippen LogP contribution >= 0.6 is 0 Å². The third kappa shape index (κ3) is 4.61. The van der Waals surface area contributed by atoms with Gasteiger partial charge in [-0.1, -0.05) is 60.7 Å². The van der Waals surface area contributed by atoms with Crippen molar-refractivity contribution in [3.8, 4) is 0 Å². The van der Waals surface area contributed by atoms with Crippen molar-refractivity contribution in [2.75, 3.05) is 39.8 Å². The van der Waals surface area contributed by atoms with Crippen LogP contribution in [-0.4, -0.2) is 55.1 Å². The number of amides is 1. The van der Waals surface area contributed by atoms with Gasteiger partial charge in [0, 0.05) is 0 Å². The quantitative estimate of drug-likeness (QED) is 0.479. The minimum Gasteiger partial charge on any atom is -1.00 e. The lowest BCUT2D eigenvalue weighted by Crippen LogP contribution is -3.00. The summed E-state index contributed by atoms with van der Waals surface area (Å²) in [7, 11) is 2.29. The van der Waals surface area contributed by atoms with Crippen molar-refractivity contribution in [1.82, 2.24) is 4.90 Å². The molecule has 1 heterocycles. The van der Waals surface area contributed by atoms with Crippen LogP contribution in [0.1, 0.15) is 24.0 Å². The Kier molecular flexibility index (Phi) is 7.02. The van der Waals surface area contributed by atoms with E-state index >= 15 is 0 Å². The maximum atomic E-state index is 13.3. The van der Waals surface area contributed by atoms with Gasteiger partial charge in [-0.15, -0.1) is 0 Å². The predicted octanol–water partition coefficient (Wildman–Crippen LogP) is 0.131. The van der Waals surface area contributed by atoms with Gasteiger partial charge in [0.15, 0.2) is 0 Å². The second-order valence-electron chi connectivity index (χ2n) is 6.96. The summed E-state index contributed by atoms with van der Waals surface area (Å²) in [4.78, 5) is 15.4. The lowest BCUT2D eigenvalue weighted by molar-refractivity contribution is -0.911. The first-order valence-electron chi connectivity index (χ1n) is 8.85. The summed E-state index contributed by atoms with van der Waals surface area (Å²) in [6.07, 6.45) is 0. The number of quaternary nitrogens is 1. The summed E-state index contributed by atoms with van der Waals surface area (Å²) in [5.41, 5.74) is 2.15. The second-order valence-corrected chi connectivity index (χ2v) is 6.96. The van der Waals surface area contributed by atoms with E-state index in [9.17, 15) is 4.79 Å². The number of carbonyl (C=O) groups excluding carboxylic acids is 1. The zero-order valence-corrected chi connectivity index (χ0v) is 17.2. The highest BCUT2D eigenvalue weighted by Crippen LogP contribution is 2.27. The first-order valence-corrected chi connectivity index (χ1v) is 8.85. The minimum atomic E-state index is -0.203. The lowest BCUT2D eigenvalue weighted by Gasteiger charge is -2.42. The maximum absolute atomic E-state index is 13.3. The van der Waals surface area contributed by atoms with Gasteiger partial charge in [-0.25, -0.2) is 0 Å². The molecule has 2 aromatic rings. The highest BCUT2D eigenvalue weighted by atomic mass is 127. The van der Waals surface area contributed by atoms with Crippen molar-refractivity contribution < 1.29 is 33.3 Å². The van der Waals surface area contributed by atoms with Crippen LogP contribution in [0.3, 0.4) is 0 Å². The number of hydrogen-bond donors (Lipinski definition) is 0. The minimum absolute atomic E-state index is 0. The lowest BCUT2D eigenvalue weighted by atomic mass is 9.90. The van der Waals surface area contributed by atoms with Crippen LogP contribution in [0.5, 0.6) is 0 Å². The average molecular weight is 450 g/mol. The van der Waals surface area contributed by atoms with Gasteiger partial charge in [0.1, 0.15) is 0 Å². The third-order valence-corrected chi connectivity index (χ3v) is 5.41. The molecule has 134 valence electrons. The van der Waals surface area contributed by atoms with Gasteiger partial charge < -0.3 is 33.4 Å². The largest absolute Gasteiger partial charge is 1.00 e. The summed E-state index contributed by atoms with van der Waals surface area (Å²) in [6.45, 7) is 7.13. The number of benzene rings is 2. The number of carbonyl (C=O) groups is 1. The monoisotopic (exact) mass is 450 g/mol. The molecule has 2 aromatic carbocycles. The highest BCUT2D eigenvalue weighted by molar-refractivity contribution is 5.87. The topological polar surface area (TPSA) is 20.3 Å². The van der Waals surface area contributed by atoms with Crippen LogP contribution in [-0.2, 0) is 4.79 Å². The van der Waals surface area contributed by atoms with Gasteiger partial charge in [0.2, 0.25) is 5.91 Å². The summed E-state index contributed by atoms with van der Waals surface area (Å²) < 4.78 is 1.06. The third-order valence-electron chi connectivity index (χ3n) is 5.41.